The van der Waals surface area contributed by atoms with Crippen LogP contribution in [0, 0.1) is 0 Å². The second kappa shape index (κ2) is 9.30. The van der Waals surface area contributed by atoms with Crippen LogP contribution in [-0.2, 0) is 9.53 Å². The molecule has 0 aliphatic heterocycles. The predicted octanol–water partition coefficient (Wildman–Crippen LogP) is 0.195. The van der Waals surface area contributed by atoms with Crippen LogP contribution >= 0.6 is 11.6 Å². The Hall–Kier alpha value is -1.63. The van der Waals surface area contributed by atoms with Gasteiger partial charge in [-0.1, -0.05) is 17.7 Å². The van der Waals surface area contributed by atoms with E-state index in [0.717, 1.165) is 0 Å². The Labute approximate surface area is 122 Å². The van der Waals surface area contributed by atoms with Crippen molar-refractivity contribution in [1.29, 1.82) is 0 Å². The van der Waals surface area contributed by atoms with E-state index in [1.807, 2.05) is 0 Å². The SMILES string of the molecule is O=C(CNC(=O)c1cccc(Cl)c1)NCCOCCO. The summed E-state index contributed by atoms with van der Waals surface area (Å²) in [6, 6.07) is 6.46. The van der Waals surface area contributed by atoms with Crippen LogP contribution in [0.25, 0.3) is 0 Å². The molecule has 1 aromatic carbocycles. The van der Waals surface area contributed by atoms with Crippen molar-refractivity contribution in [2.75, 3.05) is 32.9 Å². The number of hydrogen-bond acceptors (Lipinski definition) is 4. The molecule has 0 unspecified atom stereocenters. The number of carbonyl (C=O) groups excluding carboxylic acids is 2. The van der Waals surface area contributed by atoms with Crippen molar-refractivity contribution in [3.63, 3.8) is 0 Å². The Bertz CT molecular complexity index is 454. The number of rotatable bonds is 8. The topological polar surface area (TPSA) is 87.7 Å². The monoisotopic (exact) mass is 300 g/mol. The van der Waals surface area contributed by atoms with E-state index in [9.17, 15) is 9.59 Å². The van der Waals surface area contributed by atoms with Gasteiger partial charge in [-0.3, -0.25) is 9.59 Å². The lowest BCUT2D eigenvalue weighted by atomic mass is 10.2. The molecular formula is C13H17ClN2O4. The van der Waals surface area contributed by atoms with Gasteiger partial charge in [-0.05, 0) is 18.2 Å². The first kappa shape index (κ1) is 16.4. The van der Waals surface area contributed by atoms with Gasteiger partial charge in [-0.25, -0.2) is 0 Å². The average Bonchev–Trinajstić information content (AvgIpc) is 2.44. The van der Waals surface area contributed by atoms with Crippen molar-refractivity contribution < 1.29 is 19.4 Å². The summed E-state index contributed by atoms with van der Waals surface area (Å²) in [5.41, 5.74) is 0.400. The van der Waals surface area contributed by atoms with Gasteiger partial charge in [-0.15, -0.1) is 0 Å². The number of aliphatic hydroxyl groups is 1. The Balaban J connectivity index is 2.22. The number of ether oxygens (including phenoxy) is 1. The first-order valence-electron chi connectivity index (χ1n) is 6.12. The van der Waals surface area contributed by atoms with Crippen molar-refractivity contribution in [3.05, 3.63) is 34.9 Å². The molecule has 1 aromatic rings. The molecule has 0 spiro atoms. The van der Waals surface area contributed by atoms with Gasteiger partial charge < -0.3 is 20.5 Å². The van der Waals surface area contributed by atoms with E-state index in [0.29, 0.717) is 23.7 Å². The molecule has 0 radical (unpaired) electrons. The van der Waals surface area contributed by atoms with Gasteiger partial charge in [0.25, 0.3) is 5.91 Å². The fraction of sp³-hybridized carbons (Fsp3) is 0.385. The highest BCUT2D eigenvalue weighted by atomic mass is 35.5. The van der Waals surface area contributed by atoms with Crippen molar-refractivity contribution in [2.45, 2.75) is 0 Å². The summed E-state index contributed by atoms with van der Waals surface area (Å²) in [6.07, 6.45) is 0. The number of hydrogen-bond donors (Lipinski definition) is 3. The van der Waals surface area contributed by atoms with Crippen LogP contribution in [0.2, 0.25) is 5.02 Å². The minimum absolute atomic E-state index is 0.0519. The molecule has 0 heterocycles. The first-order chi connectivity index (χ1) is 9.63. The van der Waals surface area contributed by atoms with Crippen LogP contribution in [0.4, 0.5) is 0 Å². The van der Waals surface area contributed by atoms with Gasteiger partial charge >= 0.3 is 0 Å². The third-order valence-corrected chi connectivity index (χ3v) is 2.54. The summed E-state index contributed by atoms with van der Waals surface area (Å²) in [6.45, 7) is 0.705. The molecule has 0 bridgehead atoms. The van der Waals surface area contributed by atoms with Crippen LogP contribution < -0.4 is 10.6 Å². The minimum Gasteiger partial charge on any atom is -0.394 e. The van der Waals surface area contributed by atoms with E-state index >= 15 is 0 Å². The zero-order valence-corrected chi connectivity index (χ0v) is 11.7. The Morgan fingerprint density at radius 3 is 2.75 bits per heavy atom. The second-order valence-electron chi connectivity index (χ2n) is 3.88. The highest BCUT2D eigenvalue weighted by molar-refractivity contribution is 6.30. The lowest BCUT2D eigenvalue weighted by Gasteiger charge is -2.07. The molecule has 110 valence electrons. The summed E-state index contributed by atoms with van der Waals surface area (Å²) in [4.78, 5) is 23.1. The summed E-state index contributed by atoms with van der Waals surface area (Å²) >= 11 is 5.77. The van der Waals surface area contributed by atoms with Crippen molar-refractivity contribution in [1.82, 2.24) is 10.6 Å². The molecule has 20 heavy (non-hydrogen) atoms. The summed E-state index contributed by atoms with van der Waals surface area (Å²) < 4.78 is 4.97. The molecule has 0 saturated carbocycles. The Kier molecular flexibility index (Phi) is 7.64. The number of aliphatic hydroxyl groups excluding tert-OH is 1. The zero-order chi connectivity index (χ0) is 14.8. The van der Waals surface area contributed by atoms with Gasteiger partial charge in [0.1, 0.15) is 0 Å². The first-order valence-corrected chi connectivity index (χ1v) is 6.50. The zero-order valence-electron chi connectivity index (χ0n) is 10.9. The molecular weight excluding hydrogens is 284 g/mol. The molecule has 0 fully saturated rings. The number of halogens is 1. The smallest absolute Gasteiger partial charge is 0.251 e. The van der Waals surface area contributed by atoms with Crippen LogP contribution in [0.15, 0.2) is 24.3 Å². The van der Waals surface area contributed by atoms with Gasteiger partial charge in [0.15, 0.2) is 0 Å². The summed E-state index contributed by atoms with van der Waals surface area (Å²) in [5, 5.41) is 14.0. The maximum absolute atomic E-state index is 11.7. The van der Waals surface area contributed by atoms with Gasteiger partial charge in [0.05, 0.1) is 26.4 Å². The largest absolute Gasteiger partial charge is 0.394 e. The van der Waals surface area contributed by atoms with Crippen LogP contribution in [0.3, 0.4) is 0 Å². The molecule has 6 nitrogen and oxygen atoms in total. The van der Waals surface area contributed by atoms with Gasteiger partial charge in [0.2, 0.25) is 5.91 Å². The third kappa shape index (κ3) is 6.51. The summed E-state index contributed by atoms with van der Waals surface area (Å²) in [7, 11) is 0. The molecule has 1 rings (SSSR count). The van der Waals surface area contributed by atoms with E-state index < -0.39 is 0 Å². The van der Waals surface area contributed by atoms with E-state index in [1.54, 1.807) is 18.2 Å². The standard InChI is InChI=1S/C13H17ClN2O4/c14-11-3-1-2-10(8-11)13(19)16-9-12(18)15-4-6-20-7-5-17/h1-3,8,17H,4-7,9H2,(H,15,18)(H,16,19). The highest BCUT2D eigenvalue weighted by Gasteiger charge is 2.07. The van der Waals surface area contributed by atoms with E-state index in [2.05, 4.69) is 10.6 Å². The van der Waals surface area contributed by atoms with Crippen LogP contribution in [0.5, 0.6) is 0 Å². The van der Waals surface area contributed by atoms with Crippen LogP contribution in [0.1, 0.15) is 10.4 Å². The van der Waals surface area contributed by atoms with Crippen molar-refractivity contribution >= 4 is 23.4 Å². The molecule has 0 saturated heterocycles. The molecule has 0 atom stereocenters. The molecule has 3 N–H and O–H groups in total. The molecule has 0 aliphatic carbocycles. The average molecular weight is 301 g/mol. The van der Waals surface area contributed by atoms with E-state index in [4.69, 9.17) is 21.4 Å². The predicted molar refractivity (Wildman–Crippen MR) is 74.7 cm³/mol. The normalized spacial score (nSPS) is 10.1. The lowest BCUT2D eigenvalue weighted by Crippen LogP contribution is -2.38. The molecule has 0 aromatic heterocycles. The quantitative estimate of drug-likeness (QED) is 0.598. The number of benzene rings is 1. The maximum atomic E-state index is 11.7. The van der Waals surface area contributed by atoms with Crippen molar-refractivity contribution in [3.8, 4) is 0 Å². The van der Waals surface area contributed by atoms with Crippen molar-refractivity contribution in [2.24, 2.45) is 0 Å². The number of amides is 2. The lowest BCUT2D eigenvalue weighted by molar-refractivity contribution is -0.120. The Morgan fingerprint density at radius 2 is 2.05 bits per heavy atom. The molecule has 0 aliphatic rings. The third-order valence-electron chi connectivity index (χ3n) is 2.30. The molecule has 7 heteroatoms. The number of nitrogens with one attached hydrogen (secondary N) is 2. The minimum atomic E-state index is -0.362. The van der Waals surface area contributed by atoms with Crippen LogP contribution in [-0.4, -0.2) is 49.8 Å². The fourth-order valence-corrected chi connectivity index (χ4v) is 1.57. The van der Waals surface area contributed by atoms with E-state index in [1.165, 1.54) is 6.07 Å². The Morgan fingerprint density at radius 1 is 1.25 bits per heavy atom. The highest BCUT2D eigenvalue weighted by Crippen LogP contribution is 2.10. The fourth-order valence-electron chi connectivity index (χ4n) is 1.38. The number of carbonyl (C=O) groups is 2. The molecule has 2 amide bonds. The van der Waals surface area contributed by atoms with E-state index in [-0.39, 0.29) is 31.6 Å². The second-order valence-corrected chi connectivity index (χ2v) is 4.32. The summed E-state index contributed by atoms with van der Waals surface area (Å²) in [5.74, 6) is -0.674. The maximum Gasteiger partial charge on any atom is 0.251 e. The van der Waals surface area contributed by atoms with Gasteiger partial charge in [0, 0.05) is 17.1 Å². The van der Waals surface area contributed by atoms with Gasteiger partial charge in [-0.2, -0.15) is 0 Å².